The van der Waals surface area contributed by atoms with Crippen molar-refractivity contribution in [2.24, 2.45) is 0 Å². The van der Waals surface area contributed by atoms with Crippen molar-refractivity contribution >= 4 is 12.0 Å². The number of carbonyl (C=O) groups excluding carboxylic acids is 1. The lowest BCUT2D eigenvalue weighted by Gasteiger charge is -2.19. The fraction of sp³-hybridized carbons (Fsp3) is 0.312. The van der Waals surface area contributed by atoms with Crippen LogP contribution >= 0.6 is 0 Å². The standard InChI is InChI=1S/C16H16O3/c1-3-11-9(2)12-8-19-16(18)14(12)15(17)13(11)10-6-4-5-7-10/h3-4,6,10,17H,1,5,7-8H2,2H3. The summed E-state index contributed by atoms with van der Waals surface area (Å²) in [6, 6.07) is 0. The molecule has 1 aliphatic heterocycles. The van der Waals surface area contributed by atoms with Gasteiger partial charge in [-0.05, 0) is 30.9 Å². The Balaban J connectivity index is 2.31. The molecule has 3 nitrogen and oxygen atoms in total. The third-order valence-electron chi connectivity index (χ3n) is 4.08. The molecule has 1 aromatic carbocycles. The summed E-state index contributed by atoms with van der Waals surface area (Å²) >= 11 is 0. The minimum atomic E-state index is -0.422. The molecule has 2 aliphatic rings. The van der Waals surface area contributed by atoms with Crippen molar-refractivity contribution in [3.8, 4) is 5.75 Å². The Morgan fingerprint density at radius 3 is 2.95 bits per heavy atom. The predicted molar refractivity (Wildman–Crippen MR) is 73.2 cm³/mol. The third kappa shape index (κ3) is 1.61. The van der Waals surface area contributed by atoms with Gasteiger partial charge in [0, 0.05) is 17.0 Å². The second-order valence-electron chi connectivity index (χ2n) is 5.05. The molecule has 0 aromatic heterocycles. The molecule has 1 N–H and O–H groups in total. The number of rotatable bonds is 2. The first-order valence-corrected chi connectivity index (χ1v) is 6.49. The molecule has 0 radical (unpaired) electrons. The largest absolute Gasteiger partial charge is 0.507 e. The minimum absolute atomic E-state index is 0.0783. The van der Waals surface area contributed by atoms with E-state index < -0.39 is 5.97 Å². The van der Waals surface area contributed by atoms with Crippen LogP contribution in [0.25, 0.3) is 6.08 Å². The van der Waals surface area contributed by atoms with Gasteiger partial charge in [0.25, 0.3) is 0 Å². The monoisotopic (exact) mass is 256 g/mol. The summed E-state index contributed by atoms with van der Waals surface area (Å²) in [7, 11) is 0. The van der Waals surface area contributed by atoms with Gasteiger partial charge < -0.3 is 9.84 Å². The van der Waals surface area contributed by atoms with Crippen LogP contribution in [0.2, 0.25) is 0 Å². The summed E-state index contributed by atoms with van der Waals surface area (Å²) < 4.78 is 5.05. The first-order valence-electron chi connectivity index (χ1n) is 6.49. The molecule has 0 saturated carbocycles. The van der Waals surface area contributed by atoms with Crippen LogP contribution in [-0.2, 0) is 11.3 Å². The van der Waals surface area contributed by atoms with E-state index in [1.54, 1.807) is 6.08 Å². The van der Waals surface area contributed by atoms with Gasteiger partial charge in [0.05, 0.1) is 0 Å². The number of phenols is 1. The number of fused-ring (bicyclic) bond motifs is 1. The molecular formula is C16H16O3. The van der Waals surface area contributed by atoms with Crippen LogP contribution in [0.5, 0.6) is 5.75 Å². The molecule has 1 aromatic rings. The topological polar surface area (TPSA) is 46.5 Å². The maximum absolute atomic E-state index is 11.8. The predicted octanol–water partition coefficient (Wildman–Crippen LogP) is 3.45. The van der Waals surface area contributed by atoms with E-state index in [1.165, 1.54) is 0 Å². The first kappa shape index (κ1) is 12.0. The molecule has 1 unspecified atom stereocenters. The second-order valence-corrected chi connectivity index (χ2v) is 5.05. The number of benzene rings is 1. The Hall–Kier alpha value is -2.03. The molecule has 3 heteroatoms. The van der Waals surface area contributed by atoms with Crippen LogP contribution in [-0.4, -0.2) is 11.1 Å². The number of esters is 1. The summed E-state index contributed by atoms with van der Waals surface area (Å²) in [6.07, 6.45) is 7.93. The maximum Gasteiger partial charge on any atom is 0.342 e. The summed E-state index contributed by atoms with van der Waals surface area (Å²) in [5, 5.41) is 10.5. The van der Waals surface area contributed by atoms with E-state index in [9.17, 15) is 9.90 Å². The molecule has 1 aliphatic carbocycles. The average Bonchev–Trinajstić information content (AvgIpc) is 3.03. The first-order chi connectivity index (χ1) is 9.15. The Morgan fingerprint density at radius 2 is 2.32 bits per heavy atom. The lowest BCUT2D eigenvalue weighted by atomic mass is 9.85. The van der Waals surface area contributed by atoms with Crippen molar-refractivity contribution in [2.45, 2.75) is 32.3 Å². The summed E-state index contributed by atoms with van der Waals surface area (Å²) in [5.41, 5.74) is 3.88. The number of hydrogen-bond acceptors (Lipinski definition) is 3. The molecule has 3 rings (SSSR count). The zero-order chi connectivity index (χ0) is 13.6. The number of cyclic esters (lactones) is 1. The highest BCUT2D eigenvalue weighted by molar-refractivity contribution is 5.98. The van der Waals surface area contributed by atoms with Gasteiger partial charge in [0.15, 0.2) is 0 Å². The highest BCUT2D eigenvalue weighted by Crippen LogP contribution is 2.44. The van der Waals surface area contributed by atoms with E-state index >= 15 is 0 Å². The Morgan fingerprint density at radius 1 is 1.53 bits per heavy atom. The Labute approximate surface area is 112 Å². The molecule has 0 spiro atoms. The molecule has 1 heterocycles. The molecule has 0 fully saturated rings. The fourth-order valence-electron chi connectivity index (χ4n) is 3.08. The maximum atomic E-state index is 11.8. The zero-order valence-electron chi connectivity index (χ0n) is 10.9. The number of aromatic hydroxyl groups is 1. The lowest BCUT2D eigenvalue weighted by Crippen LogP contribution is -2.05. The van der Waals surface area contributed by atoms with Crippen LogP contribution in [0.4, 0.5) is 0 Å². The van der Waals surface area contributed by atoms with Crippen LogP contribution in [0.3, 0.4) is 0 Å². The lowest BCUT2D eigenvalue weighted by molar-refractivity contribution is 0.0533. The van der Waals surface area contributed by atoms with Crippen LogP contribution in [0.15, 0.2) is 18.7 Å². The van der Waals surface area contributed by atoms with Gasteiger partial charge in [0.1, 0.15) is 17.9 Å². The minimum Gasteiger partial charge on any atom is -0.507 e. The number of carbonyl (C=O) groups is 1. The summed E-state index contributed by atoms with van der Waals surface area (Å²) in [5.74, 6) is -0.186. The molecule has 0 amide bonds. The SMILES string of the molecule is C=Cc1c(C)c2c(c(O)c1C1C=CCC1)C(=O)OC2. The number of allylic oxidation sites excluding steroid dienone is 2. The van der Waals surface area contributed by atoms with Crippen molar-refractivity contribution in [1.29, 1.82) is 0 Å². The fourth-order valence-corrected chi connectivity index (χ4v) is 3.08. The van der Waals surface area contributed by atoms with Crippen molar-refractivity contribution in [1.82, 2.24) is 0 Å². The van der Waals surface area contributed by atoms with E-state index in [1.807, 2.05) is 6.92 Å². The normalized spacial score (nSPS) is 20.5. The zero-order valence-corrected chi connectivity index (χ0v) is 10.9. The molecular weight excluding hydrogens is 240 g/mol. The second kappa shape index (κ2) is 4.26. The van der Waals surface area contributed by atoms with Crippen LogP contribution in [0, 0.1) is 6.92 Å². The third-order valence-corrected chi connectivity index (χ3v) is 4.08. The Kier molecular flexibility index (Phi) is 2.70. The van der Waals surface area contributed by atoms with Gasteiger partial charge in [-0.2, -0.15) is 0 Å². The molecule has 0 bridgehead atoms. The summed E-state index contributed by atoms with van der Waals surface area (Å²) in [6.45, 7) is 6.05. The number of ether oxygens (including phenoxy) is 1. The van der Waals surface area contributed by atoms with Crippen LogP contribution in [0.1, 0.15) is 51.4 Å². The van der Waals surface area contributed by atoms with Crippen molar-refractivity contribution in [3.63, 3.8) is 0 Å². The molecule has 0 saturated heterocycles. The van der Waals surface area contributed by atoms with Crippen molar-refractivity contribution in [3.05, 3.63) is 46.5 Å². The highest BCUT2D eigenvalue weighted by atomic mass is 16.5. The van der Waals surface area contributed by atoms with Gasteiger partial charge in [-0.25, -0.2) is 4.79 Å². The van der Waals surface area contributed by atoms with Gasteiger partial charge in [-0.1, -0.05) is 24.8 Å². The van der Waals surface area contributed by atoms with Crippen molar-refractivity contribution < 1.29 is 14.6 Å². The molecule has 1 atom stereocenters. The number of hydrogen-bond donors (Lipinski definition) is 1. The average molecular weight is 256 g/mol. The van der Waals surface area contributed by atoms with E-state index in [4.69, 9.17) is 4.74 Å². The number of phenolic OH excluding ortho intramolecular Hbond substituents is 1. The van der Waals surface area contributed by atoms with Crippen LogP contribution < -0.4 is 0 Å². The quantitative estimate of drug-likeness (QED) is 0.651. The summed E-state index contributed by atoms with van der Waals surface area (Å²) in [4.78, 5) is 11.8. The van der Waals surface area contributed by atoms with Gasteiger partial charge in [0.2, 0.25) is 0 Å². The van der Waals surface area contributed by atoms with Crippen molar-refractivity contribution in [2.75, 3.05) is 0 Å². The smallest absolute Gasteiger partial charge is 0.342 e. The molecule has 19 heavy (non-hydrogen) atoms. The highest BCUT2D eigenvalue weighted by Gasteiger charge is 2.33. The van der Waals surface area contributed by atoms with E-state index in [0.29, 0.717) is 5.56 Å². The van der Waals surface area contributed by atoms with E-state index in [0.717, 1.165) is 35.1 Å². The van der Waals surface area contributed by atoms with Gasteiger partial charge >= 0.3 is 5.97 Å². The van der Waals surface area contributed by atoms with E-state index in [-0.39, 0.29) is 18.3 Å². The van der Waals surface area contributed by atoms with Gasteiger partial charge in [-0.3, -0.25) is 0 Å². The van der Waals surface area contributed by atoms with E-state index in [2.05, 4.69) is 18.7 Å². The Bertz CT molecular complexity index is 611. The van der Waals surface area contributed by atoms with Gasteiger partial charge in [-0.15, -0.1) is 0 Å². The molecule has 98 valence electrons.